The topological polar surface area (TPSA) is 126 Å². The molecule has 3 atom stereocenters. The number of unbranched alkanes of at least 4 members (excludes halogenated alkanes) is 6. The average molecular weight is 393 g/mol. The Labute approximate surface area is 164 Å². The van der Waals surface area contributed by atoms with E-state index in [-0.39, 0.29) is 12.2 Å². The van der Waals surface area contributed by atoms with E-state index < -0.39 is 18.4 Å². The van der Waals surface area contributed by atoms with E-state index in [1.54, 1.807) is 10.9 Å². The van der Waals surface area contributed by atoms with Crippen molar-refractivity contribution in [1.82, 2.24) is 14.5 Å². The van der Waals surface area contributed by atoms with Crippen molar-refractivity contribution >= 4 is 16.9 Å². The number of nitrogens with zero attached hydrogens (tertiary/aromatic N) is 2. The summed E-state index contributed by atoms with van der Waals surface area (Å²) in [5.74, 6) is 0.363. The lowest BCUT2D eigenvalue weighted by molar-refractivity contribution is -0.0430. The Kier molecular flexibility index (Phi) is 7.09. The van der Waals surface area contributed by atoms with Gasteiger partial charge >= 0.3 is 0 Å². The molecular weight excluding hydrogens is 360 g/mol. The zero-order valence-electron chi connectivity index (χ0n) is 16.6. The van der Waals surface area contributed by atoms with Gasteiger partial charge < -0.3 is 30.2 Å². The number of aryl methyl sites for hydroxylation is 1. The number of aliphatic hydroxyl groups is 2. The third-order valence-corrected chi connectivity index (χ3v) is 5.59. The molecule has 0 unspecified atom stereocenters. The summed E-state index contributed by atoms with van der Waals surface area (Å²) in [4.78, 5) is 19.3. The van der Waals surface area contributed by atoms with Crippen LogP contribution in [0.4, 0.5) is 5.82 Å². The van der Waals surface area contributed by atoms with Crippen molar-refractivity contribution in [3.63, 3.8) is 0 Å². The van der Waals surface area contributed by atoms with Gasteiger partial charge in [-0.05, 0) is 12.8 Å². The summed E-state index contributed by atoms with van der Waals surface area (Å²) in [6, 6.07) is 0. The number of aromatic amines is 1. The Morgan fingerprint density at radius 1 is 1.29 bits per heavy atom. The highest BCUT2D eigenvalue weighted by Crippen LogP contribution is 2.32. The summed E-state index contributed by atoms with van der Waals surface area (Å²) in [5, 5.41) is 19.4. The zero-order chi connectivity index (χ0) is 20.1. The molecule has 5 N–H and O–H groups in total. The highest BCUT2D eigenvalue weighted by Gasteiger charge is 2.35. The maximum Gasteiger partial charge on any atom is 0.277 e. The van der Waals surface area contributed by atoms with E-state index in [1.807, 2.05) is 0 Å². The van der Waals surface area contributed by atoms with Crippen LogP contribution in [0.2, 0.25) is 0 Å². The van der Waals surface area contributed by atoms with E-state index in [1.165, 1.54) is 32.1 Å². The number of ether oxygens (including phenoxy) is 1. The molecule has 0 aromatic carbocycles. The summed E-state index contributed by atoms with van der Waals surface area (Å²) in [6.07, 6.45) is 9.13. The molecule has 156 valence electrons. The molecule has 0 saturated carbocycles. The lowest BCUT2D eigenvalue weighted by atomic mass is 10.0. The number of pyridine rings is 1. The number of nitrogens with one attached hydrogen (secondary N) is 1. The van der Waals surface area contributed by atoms with Crippen LogP contribution in [0.15, 0.2) is 11.1 Å². The van der Waals surface area contributed by atoms with Crippen LogP contribution in [0.1, 0.15) is 70.1 Å². The third kappa shape index (κ3) is 4.39. The molecule has 0 spiro atoms. The van der Waals surface area contributed by atoms with Crippen LogP contribution >= 0.6 is 0 Å². The lowest BCUT2D eigenvalue weighted by Gasteiger charge is -2.16. The summed E-state index contributed by atoms with van der Waals surface area (Å²) in [6.45, 7) is 1.96. The number of fused-ring (bicyclic) bond motifs is 1. The Morgan fingerprint density at radius 3 is 2.68 bits per heavy atom. The van der Waals surface area contributed by atoms with Gasteiger partial charge in [0.05, 0.1) is 24.6 Å². The number of imidazole rings is 1. The normalized spacial score (nSPS) is 22.3. The fourth-order valence-electron chi connectivity index (χ4n) is 3.99. The average Bonchev–Trinajstić information content (AvgIpc) is 3.27. The number of aromatic nitrogens is 3. The standard InChI is InChI=1S/C20H32N4O4/c1-2-3-4-5-6-7-8-9-13-18-17(20(27)23-19(13)21)22-12-24(18)16-10-14(26)15(11-25)28-16/h12,14-16,25-26H,2-11H2,1H3,(H3,21,23,27)/t14-,15+,16-/m0/s1. The van der Waals surface area contributed by atoms with Crippen LogP contribution in [0.25, 0.3) is 11.0 Å². The van der Waals surface area contributed by atoms with Gasteiger partial charge in [0.1, 0.15) is 18.1 Å². The SMILES string of the molecule is CCCCCCCCCc1c(N)[nH]c(=O)c2ncn([C@@H]3C[C@H](O)[C@@H](CO)O3)c12. The van der Waals surface area contributed by atoms with Crippen LogP contribution in [-0.2, 0) is 11.2 Å². The van der Waals surface area contributed by atoms with Crippen LogP contribution in [0, 0.1) is 0 Å². The maximum atomic E-state index is 12.3. The van der Waals surface area contributed by atoms with E-state index in [0.29, 0.717) is 23.3 Å². The molecule has 8 heteroatoms. The molecule has 28 heavy (non-hydrogen) atoms. The molecule has 0 amide bonds. The molecule has 3 rings (SSSR count). The zero-order valence-corrected chi connectivity index (χ0v) is 16.6. The molecule has 8 nitrogen and oxygen atoms in total. The van der Waals surface area contributed by atoms with Crippen molar-refractivity contribution in [2.24, 2.45) is 0 Å². The van der Waals surface area contributed by atoms with Crippen LogP contribution in [0.3, 0.4) is 0 Å². The molecule has 0 aliphatic carbocycles. The summed E-state index contributed by atoms with van der Waals surface area (Å²) >= 11 is 0. The smallest absolute Gasteiger partial charge is 0.277 e. The molecule has 3 heterocycles. The number of hydrogen-bond acceptors (Lipinski definition) is 6. The van der Waals surface area contributed by atoms with Gasteiger partial charge in [0, 0.05) is 12.0 Å². The number of nitrogens with two attached hydrogens (primary N) is 1. The predicted molar refractivity (Wildman–Crippen MR) is 108 cm³/mol. The van der Waals surface area contributed by atoms with Crippen molar-refractivity contribution in [1.29, 1.82) is 0 Å². The molecule has 2 aromatic heterocycles. The van der Waals surface area contributed by atoms with Crippen molar-refractivity contribution < 1.29 is 14.9 Å². The van der Waals surface area contributed by atoms with E-state index in [9.17, 15) is 15.0 Å². The summed E-state index contributed by atoms with van der Waals surface area (Å²) in [7, 11) is 0. The molecule has 1 aliphatic heterocycles. The highest BCUT2D eigenvalue weighted by molar-refractivity contribution is 5.82. The Morgan fingerprint density at radius 2 is 2.00 bits per heavy atom. The van der Waals surface area contributed by atoms with E-state index in [2.05, 4.69) is 16.9 Å². The number of rotatable bonds is 10. The predicted octanol–water partition coefficient (Wildman–Crippen LogP) is 2.24. The number of anilines is 1. The van der Waals surface area contributed by atoms with Crippen molar-refractivity contribution in [3.8, 4) is 0 Å². The Hall–Kier alpha value is -1.90. The molecule has 1 aliphatic rings. The van der Waals surface area contributed by atoms with Crippen molar-refractivity contribution in [2.45, 2.75) is 83.1 Å². The number of H-pyrrole nitrogens is 1. The highest BCUT2D eigenvalue weighted by atomic mass is 16.5. The van der Waals surface area contributed by atoms with Crippen LogP contribution < -0.4 is 11.3 Å². The minimum Gasteiger partial charge on any atom is -0.394 e. The van der Waals surface area contributed by atoms with Gasteiger partial charge in [0.2, 0.25) is 0 Å². The van der Waals surface area contributed by atoms with Crippen LogP contribution in [-0.4, -0.2) is 43.6 Å². The number of aliphatic hydroxyl groups excluding tert-OH is 2. The minimum absolute atomic E-state index is 0.252. The van der Waals surface area contributed by atoms with Gasteiger partial charge in [-0.25, -0.2) is 4.98 Å². The molecular formula is C20H32N4O4. The van der Waals surface area contributed by atoms with Gasteiger partial charge in [-0.3, -0.25) is 4.79 Å². The summed E-state index contributed by atoms with van der Waals surface area (Å²) in [5.41, 5.74) is 7.69. The Balaban J connectivity index is 1.78. The van der Waals surface area contributed by atoms with E-state index in [0.717, 1.165) is 24.8 Å². The quantitative estimate of drug-likeness (QED) is 0.459. The third-order valence-electron chi connectivity index (χ3n) is 5.59. The van der Waals surface area contributed by atoms with Crippen molar-refractivity contribution in [3.05, 3.63) is 22.2 Å². The second kappa shape index (κ2) is 9.54. The molecule has 1 saturated heterocycles. The maximum absolute atomic E-state index is 12.3. The fourth-order valence-corrected chi connectivity index (χ4v) is 3.99. The van der Waals surface area contributed by atoms with Crippen molar-refractivity contribution in [2.75, 3.05) is 12.3 Å². The Bertz CT molecular complexity index is 831. The molecule has 0 bridgehead atoms. The van der Waals surface area contributed by atoms with Gasteiger partial charge in [0.25, 0.3) is 5.56 Å². The van der Waals surface area contributed by atoms with E-state index >= 15 is 0 Å². The first-order chi connectivity index (χ1) is 13.6. The lowest BCUT2D eigenvalue weighted by Crippen LogP contribution is -2.24. The van der Waals surface area contributed by atoms with Gasteiger partial charge in [-0.2, -0.15) is 0 Å². The number of nitrogen functional groups attached to an aromatic ring is 1. The first-order valence-electron chi connectivity index (χ1n) is 10.4. The summed E-state index contributed by atoms with van der Waals surface area (Å²) < 4.78 is 7.53. The second-order valence-corrected chi connectivity index (χ2v) is 7.68. The molecule has 2 aromatic rings. The van der Waals surface area contributed by atoms with Gasteiger partial charge in [0.15, 0.2) is 5.52 Å². The molecule has 0 radical (unpaired) electrons. The fraction of sp³-hybridized carbons (Fsp3) is 0.700. The minimum atomic E-state index is -0.752. The largest absolute Gasteiger partial charge is 0.394 e. The van der Waals surface area contributed by atoms with Gasteiger partial charge in [-0.1, -0.05) is 45.4 Å². The van der Waals surface area contributed by atoms with Crippen LogP contribution in [0.5, 0.6) is 0 Å². The monoisotopic (exact) mass is 392 g/mol. The van der Waals surface area contributed by atoms with E-state index in [4.69, 9.17) is 10.5 Å². The number of hydrogen-bond donors (Lipinski definition) is 4. The first-order valence-corrected chi connectivity index (χ1v) is 10.4. The van der Waals surface area contributed by atoms with Gasteiger partial charge in [-0.15, -0.1) is 0 Å². The second-order valence-electron chi connectivity index (χ2n) is 7.68. The molecule has 1 fully saturated rings. The first kappa shape index (κ1) is 20.8.